The first kappa shape index (κ1) is 22.7. The van der Waals surface area contributed by atoms with Gasteiger partial charge in [-0.3, -0.25) is 9.69 Å². The van der Waals surface area contributed by atoms with Crippen molar-refractivity contribution in [2.45, 2.75) is 44.7 Å². The van der Waals surface area contributed by atoms with Gasteiger partial charge in [0.1, 0.15) is 5.75 Å². The highest BCUT2D eigenvalue weighted by Crippen LogP contribution is 2.39. The van der Waals surface area contributed by atoms with Crippen LogP contribution in [0.15, 0.2) is 18.2 Å². The van der Waals surface area contributed by atoms with E-state index in [1.54, 1.807) is 7.11 Å². The number of methoxy groups -OCH3 is 1. The molecule has 0 unspecified atom stereocenters. The van der Waals surface area contributed by atoms with Crippen molar-refractivity contribution in [3.05, 3.63) is 23.8 Å². The third-order valence-electron chi connectivity index (χ3n) is 6.12. The van der Waals surface area contributed by atoms with Crippen molar-refractivity contribution in [2.24, 2.45) is 5.92 Å². The summed E-state index contributed by atoms with van der Waals surface area (Å²) >= 11 is 0. The number of halogens is 3. The molecule has 8 heteroatoms. The van der Waals surface area contributed by atoms with Crippen LogP contribution in [0.2, 0.25) is 0 Å². The van der Waals surface area contributed by atoms with Gasteiger partial charge in [-0.2, -0.15) is 13.2 Å². The maximum Gasteiger partial charge on any atom is 0.401 e. The van der Waals surface area contributed by atoms with Crippen molar-refractivity contribution >= 4 is 11.7 Å². The van der Waals surface area contributed by atoms with Gasteiger partial charge in [0.2, 0.25) is 0 Å². The van der Waals surface area contributed by atoms with Gasteiger partial charge >= 0.3 is 12.1 Å². The van der Waals surface area contributed by atoms with Crippen LogP contribution in [0.1, 0.15) is 44.1 Å². The van der Waals surface area contributed by atoms with Crippen LogP contribution in [0.25, 0.3) is 0 Å². The molecule has 2 aliphatic rings. The van der Waals surface area contributed by atoms with Gasteiger partial charge < -0.3 is 14.4 Å². The molecule has 0 saturated carbocycles. The summed E-state index contributed by atoms with van der Waals surface area (Å²) in [7, 11) is 1.63. The third-order valence-corrected chi connectivity index (χ3v) is 6.12. The van der Waals surface area contributed by atoms with E-state index in [4.69, 9.17) is 9.47 Å². The number of hydrogen-bond acceptors (Lipinski definition) is 5. The molecule has 30 heavy (non-hydrogen) atoms. The molecule has 2 aliphatic heterocycles. The summed E-state index contributed by atoms with van der Waals surface area (Å²) in [4.78, 5) is 15.8. The molecule has 168 valence electrons. The SMILES string of the molecule is CCOC(=O)C1CCN(c2cc(OC)ccc2C2CCN(CC(F)(F)F)CC2)CC1. The number of esters is 1. The first-order valence-electron chi connectivity index (χ1n) is 10.7. The Balaban J connectivity index is 1.69. The Bertz CT molecular complexity index is 710. The minimum Gasteiger partial charge on any atom is -0.497 e. The summed E-state index contributed by atoms with van der Waals surface area (Å²) in [6.45, 7) is 3.76. The summed E-state index contributed by atoms with van der Waals surface area (Å²) in [5, 5.41) is 0. The summed E-state index contributed by atoms with van der Waals surface area (Å²) < 4.78 is 48.7. The molecule has 0 bridgehead atoms. The predicted molar refractivity (Wildman–Crippen MR) is 109 cm³/mol. The van der Waals surface area contributed by atoms with Crippen LogP contribution in [-0.2, 0) is 9.53 Å². The lowest BCUT2D eigenvalue weighted by Gasteiger charge is -2.37. The Hall–Kier alpha value is -1.96. The van der Waals surface area contributed by atoms with E-state index in [-0.39, 0.29) is 17.8 Å². The van der Waals surface area contributed by atoms with E-state index in [1.807, 2.05) is 19.1 Å². The van der Waals surface area contributed by atoms with E-state index >= 15 is 0 Å². The lowest BCUT2D eigenvalue weighted by Crippen LogP contribution is -2.40. The van der Waals surface area contributed by atoms with Crippen LogP contribution < -0.4 is 9.64 Å². The molecule has 1 aromatic rings. The minimum atomic E-state index is -4.15. The number of hydrogen-bond donors (Lipinski definition) is 0. The number of anilines is 1. The predicted octanol–water partition coefficient (Wildman–Crippen LogP) is 4.22. The Labute approximate surface area is 176 Å². The second kappa shape index (κ2) is 9.90. The molecule has 0 radical (unpaired) electrons. The monoisotopic (exact) mass is 428 g/mol. The fraction of sp³-hybridized carbons (Fsp3) is 0.682. The maximum atomic E-state index is 12.7. The Morgan fingerprint density at radius 3 is 2.33 bits per heavy atom. The van der Waals surface area contributed by atoms with Crippen molar-refractivity contribution in [1.82, 2.24) is 4.90 Å². The average Bonchev–Trinajstić information content (AvgIpc) is 2.73. The molecule has 5 nitrogen and oxygen atoms in total. The highest BCUT2D eigenvalue weighted by atomic mass is 19.4. The van der Waals surface area contributed by atoms with Crippen LogP contribution in [0.3, 0.4) is 0 Å². The second-order valence-electron chi connectivity index (χ2n) is 8.10. The smallest absolute Gasteiger partial charge is 0.401 e. The van der Waals surface area contributed by atoms with Gasteiger partial charge in [-0.25, -0.2) is 0 Å². The lowest BCUT2D eigenvalue weighted by atomic mass is 9.87. The summed E-state index contributed by atoms with van der Waals surface area (Å²) in [6.07, 6.45) is -1.27. The second-order valence-corrected chi connectivity index (χ2v) is 8.10. The van der Waals surface area contributed by atoms with E-state index in [9.17, 15) is 18.0 Å². The fourth-order valence-electron chi connectivity index (χ4n) is 4.54. The molecule has 0 amide bonds. The molecule has 2 fully saturated rings. The Morgan fingerprint density at radius 2 is 1.77 bits per heavy atom. The molecule has 0 N–H and O–H groups in total. The number of nitrogens with zero attached hydrogens (tertiary/aromatic N) is 2. The van der Waals surface area contributed by atoms with Crippen LogP contribution in [0.5, 0.6) is 5.75 Å². The van der Waals surface area contributed by atoms with Crippen LogP contribution in [0.4, 0.5) is 18.9 Å². The number of carbonyl (C=O) groups excluding carboxylic acids is 1. The van der Waals surface area contributed by atoms with Gasteiger partial charge in [0.05, 0.1) is 26.2 Å². The quantitative estimate of drug-likeness (QED) is 0.635. The summed E-state index contributed by atoms with van der Waals surface area (Å²) in [5.41, 5.74) is 2.24. The largest absolute Gasteiger partial charge is 0.497 e. The standard InChI is InChI=1S/C22H31F3N2O3/c1-3-30-21(28)17-8-12-27(13-9-17)20-14-18(29-2)4-5-19(20)16-6-10-26(11-7-16)15-22(23,24)25/h4-5,14,16-17H,3,6-13,15H2,1-2H3. The van der Waals surface area contributed by atoms with Gasteiger partial charge in [-0.1, -0.05) is 6.07 Å². The molecule has 2 heterocycles. The van der Waals surface area contributed by atoms with Crippen molar-refractivity contribution < 1.29 is 27.4 Å². The number of rotatable bonds is 6. The molecule has 0 aromatic heterocycles. The Kier molecular flexibility index (Phi) is 7.50. The number of carbonyl (C=O) groups is 1. The normalized spacial score (nSPS) is 19.7. The minimum absolute atomic E-state index is 0.0686. The molecule has 1 aromatic carbocycles. The van der Waals surface area contributed by atoms with E-state index in [2.05, 4.69) is 11.0 Å². The van der Waals surface area contributed by atoms with E-state index in [1.165, 1.54) is 4.90 Å². The number of alkyl halides is 3. The summed E-state index contributed by atoms with van der Waals surface area (Å²) in [5.74, 6) is 0.787. The molecule has 0 aliphatic carbocycles. The zero-order valence-corrected chi connectivity index (χ0v) is 17.7. The highest BCUT2D eigenvalue weighted by Gasteiger charge is 2.34. The number of likely N-dealkylation sites (tertiary alicyclic amines) is 1. The van der Waals surface area contributed by atoms with Crippen molar-refractivity contribution in [2.75, 3.05) is 51.3 Å². The number of benzene rings is 1. The average molecular weight is 428 g/mol. The highest BCUT2D eigenvalue weighted by molar-refractivity contribution is 5.73. The number of ether oxygens (including phenoxy) is 2. The summed E-state index contributed by atoms with van der Waals surface area (Å²) in [6, 6.07) is 5.99. The van der Waals surface area contributed by atoms with E-state index < -0.39 is 12.7 Å². The lowest BCUT2D eigenvalue weighted by molar-refractivity contribution is -0.149. The molecular formula is C22H31F3N2O3. The molecule has 3 rings (SSSR count). The third kappa shape index (κ3) is 5.80. The zero-order valence-electron chi connectivity index (χ0n) is 17.7. The number of piperidine rings is 2. The first-order chi connectivity index (χ1) is 14.3. The topological polar surface area (TPSA) is 42.0 Å². The molecule has 2 saturated heterocycles. The molecular weight excluding hydrogens is 397 g/mol. The van der Waals surface area contributed by atoms with Crippen LogP contribution in [0, 0.1) is 5.92 Å². The molecule has 0 spiro atoms. The van der Waals surface area contributed by atoms with Crippen molar-refractivity contribution in [1.29, 1.82) is 0 Å². The van der Waals surface area contributed by atoms with Crippen molar-refractivity contribution in [3.8, 4) is 5.75 Å². The van der Waals surface area contributed by atoms with E-state index in [0.29, 0.717) is 32.5 Å². The van der Waals surface area contributed by atoms with Gasteiger partial charge in [0.15, 0.2) is 0 Å². The van der Waals surface area contributed by atoms with Crippen LogP contribution >= 0.6 is 0 Å². The van der Waals surface area contributed by atoms with Crippen LogP contribution in [-0.4, -0.2) is 63.5 Å². The maximum absolute atomic E-state index is 12.7. The van der Waals surface area contributed by atoms with Gasteiger partial charge in [-0.15, -0.1) is 0 Å². The van der Waals surface area contributed by atoms with Gasteiger partial charge in [0.25, 0.3) is 0 Å². The zero-order chi connectivity index (χ0) is 21.7. The Morgan fingerprint density at radius 1 is 1.10 bits per heavy atom. The van der Waals surface area contributed by atoms with Gasteiger partial charge in [0, 0.05) is 24.8 Å². The fourth-order valence-corrected chi connectivity index (χ4v) is 4.54. The first-order valence-corrected chi connectivity index (χ1v) is 10.7. The van der Waals surface area contributed by atoms with Crippen molar-refractivity contribution in [3.63, 3.8) is 0 Å². The molecule has 0 atom stereocenters. The van der Waals surface area contributed by atoms with E-state index in [0.717, 1.165) is 42.9 Å². The van der Waals surface area contributed by atoms with Gasteiger partial charge in [-0.05, 0) is 63.2 Å².